The minimum absolute atomic E-state index is 0.114. The molecule has 1 aromatic rings. The lowest BCUT2D eigenvalue weighted by Gasteiger charge is -2.08. The van der Waals surface area contributed by atoms with Gasteiger partial charge in [-0.3, -0.25) is 4.98 Å². The molecule has 0 bridgehead atoms. The van der Waals surface area contributed by atoms with Gasteiger partial charge in [0.1, 0.15) is 0 Å². The van der Waals surface area contributed by atoms with Crippen LogP contribution in [0.5, 0.6) is 0 Å². The Morgan fingerprint density at radius 3 is 2.67 bits per heavy atom. The predicted octanol–water partition coefficient (Wildman–Crippen LogP) is 3.43. The molecule has 15 heavy (non-hydrogen) atoms. The predicted molar refractivity (Wildman–Crippen MR) is 60.8 cm³/mol. The number of hydrogen-bond acceptors (Lipinski definition) is 2. The van der Waals surface area contributed by atoms with Crippen LogP contribution < -0.4 is 0 Å². The summed E-state index contributed by atoms with van der Waals surface area (Å²) in [5.74, 6) is 0.153. The zero-order valence-corrected chi connectivity index (χ0v) is 10.4. The van der Waals surface area contributed by atoms with Crippen molar-refractivity contribution in [1.82, 2.24) is 4.98 Å². The SMILES string of the molecule is N#CCc1nc(CCl)c(I)cc1C(F)F. The van der Waals surface area contributed by atoms with Crippen LogP contribution in [0.4, 0.5) is 8.78 Å². The van der Waals surface area contributed by atoms with E-state index in [2.05, 4.69) is 4.98 Å². The lowest BCUT2D eigenvalue weighted by molar-refractivity contribution is 0.149. The molecule has 0 saturated carbocycles. The van der Waals surface area contributed by atoms with Crippen LogP contribution >= 0.6 is 34.2 Å². The molecule has 1 aromatic heterocycles. The summed E-state index contributed by atoms with van der Waals surface area (Å²) in [7, 11) is 0. The van der Waals surface area contributed by atoms with Crippen LogP contribution in [0.15, 0.2) is 6.07 Å². The summed E-state index contributed by atoms with van der Waals surface area (Å²) in [5, 5.41) is 8.49. The first kappa shape index (κ1) is 12.6. The molecular weight excluding hydrogens is 336 g/mol. The molecule has 0 N–H and O–H groups in total. The molecular formula is C9H6ClF2IN2. The molecule has 1 rings (SSSR count). The highest BCUT2D eigenvalue weighted by molar-refractivity contribution is 14.1. The van der Waals surface area contributed by atoms with Crippen molar-refractivity contribution in [2.45, 2.75) is 18.7 Å². The number of nitriles is 1. The Labute approximate surface area is 104 Å². The van der Waals surface area contributed by atoms with Crippen molar-refractivity contribution in [2.24, 2.45) is 0 Å². The van der Waals surface area contributed by atoms with Crippen LogP contribution in [0.25, 0.3) is 0 Å². The van der Waals surface area contributed by atoms with Crippen LogP contribution in [-0.4, -0.2) is 4.98 Å². The first-order valence-corrected chi connectivity index (χ1v) is 5.60. The Bertz CT molecular complexity index is 404. The molecule has 0 aliphatic heterocycles. The molecule has 2 nitrogen and oxygen atoms in total. The molecule has 80 valence electrons. The van der Waals surface area contributed by atoms with Gasteiger partial charge < -0.3 is 0 Å². The third-order valence-corrected chi connectivity index (χ3v) is 2.96. The summed E-state index contributed by atoms with van der Waals surface area (Å²) >= 11 is 7.50. The number of aromatic nitrogens is 1. The Hall–Kier alpha value is -0.480. The van der Waals surface area contributed by atoms with Crippen molar-refractivity contribution < 1.29 is 8.78 Å². The van der Waals surface area contributed by atoms with Gasteiger partial charge in [0.2, 0.25) is 0 Å². The van der Waals surface area contributed by atoms with E-state index in [0.717, 1.165) is 0 Å². The smallest absolute Gasteiger partial charge is 0.254 e. The maximum Gasteiger partial charge on any atom is 0.265 e. The summed E-state index contributed by atoms with van der Waals surface area (Å²) < 4.78 is 25.8. The Kier molecular flexibility index (Phi) is 4.67. The monoisotopic (exact) mass is 342 g/mol. The highest BCUT2D eigenvalue weighted by atomic mass is 127. The van der Waals surface area contributed by atoms with Gasteiger partial charge in [0.25, 0.3) is 6.43 Å². The first-order valence-electron chi connectivity index (χ1n) is 3.99. The van der Waals surface area contributed by atoms with Gasteiger partial charge in [-0.1, -0.05) is 0 Å². The van der Waals surface area contributed by atoms with Crippen molar-refractivity contribution in [3.63, 3.8) is 0 Å². The van der Waals surface area contributed by atoms with Gasteiger partial charge in [-0.2, -0.15) is 5.26 Å². The van der Waals surface area contributed by atoms with Gasteiger partial charge in [0, 0.05) is 9.13 Å². The fourth-order valence-electron chi connectivity index (χ4n) is 1.08. The maximum atomic E-state index is 12.6. The van der Waals surface area contributed by atoms with E-state index in [1.54, 1.807) is 0 Å². The van der Waals surface area contributed by atoms with Gasteiger partial charge in [0.05, 0.1) is 29.8 Å². The molecule has 0 unspecified atom stereocenters. The van der Waals surface area contributed by atoms with Gasteiger partial charge >= 0.3 is 0 Å². The second kappa shape index (κ2) is 5.56. The number of nitrogens with zero attached hydrogens (tertiary/aromatic N) is 2. The fraction of sp³-hybridized carbons (Fsp3) is 0.333. The van der Waals surface area contributed by atoms with E-state index in [9.17, 15) is 8.78 Å². The van der Waals surface area contributed by atoms with Crippen LogP contribution in [-0.2, 0) is 12.3 Å². The molecule has 0 aromatic carbocycles. The minimum Gasteiger partial charge on any atom is -0.254 e. The molecule has 0 aliphatic rings. The third kappa shape index (κ3) is 2.98. The summed E-state index contributed by atoms with van der Waals surface area (Å²) in [6.07, 6.45) is -2.74. The van der Waals surface area contributed by atoms with Crippen molar-refractivity contribution >= 4 is 34.2 Å². The number of alkyl halides is 3. The van der Waals surface area contributed by atoms with Crippen molar-refractivity contribution in [1.29, 1.82) is 5.26 Å². The number of hydrogen-bond donors (Lipinski definition) is 0. The largest absolute Gasteiger partial charge is 0.265 e. The Balaban J connectivity index is 3.26. The van der Waals surface area contributed by atoms with Gasteiger partial charge in [-0.15, -0.1) is 11.6 Å². The topological polar surface area (TPSA) is 36.7 Å². The van der Waals surface area contributed by atoms with E-state index >= 15 is 0 Å². The molecule has 0 atom stereocenters. The van der Waals surface area contributed by atoms with E-state index in [1.165, 1.54) is 6.07 Å². The average Bonchev–Trinajstić information content (AvgIpc) is 2.20. The number of halogens is 4. The highest BCUT2D eigenvalue weighted by Gasteiger charge is 2.16. The molecule has 0 amide bonds. The van der Waals surface area contributed by atoms with Crippen molar-refractivity contribution in [3.05, 3.63) is 26.6 Å². The van der Waals surface area contributed by atoms with Crippen LogP contribution in [0.3, 0.4) is 0 Å². The van der Waals surface area contributed by atoms with Gasteiger partial charge in [0.15, 0.2) is 0 Å². The average molecular weight is 343 g/mol. The molecule has 0 radical (unpaired) electrons. The molecule has 1 heterocycles. The maximum absolute atomic E-state index is 12.6. The van der Waals surface area contributed by atoms with Gasteiger partial charge in [-0.05, 0) is 28.7 Å². The zero-order valence-electron chi connectivity index (χ0n) is 7.48. The van der Waals surface area contributed by atoms with E-state index in [0.29, 0.717) is 9.26 Å². The van der Waals surface area contributed by atoms with E-state index in [-0.39, 0.29) is 23.6 Å². The summed E-state index contributed by atoms with van der Waals surface area (Å²) in [5.41, 5.74) is 0.463. The Morgan fingerprint density at radius 1 is 1.53 bits per heavy atom. The van der Waals surface area contributed by atoms with E-state index < -0.39 is 6.43 Å². The van der Waals surface area contributed by atoms with Crippen molar-refractivity contribution in [3.8, 4) is 6.07 Å². The quantitative estimate of drug-likeness (QED) is 0.623. The summed E-state index contributed by atoms with van der Waals surface area (Å²) in [4.78, 5) is 3.96. The van der Waals surface area contributed by atoms with Crippen LogP contribution in [0, 0.1) is 14.9 Å². The molecule has 6 heteroatoms. The normalized spacial score (nSPS) is 10.4. The second-order valence-electron chi connectivity index (χ2n) is 2.72. The van der Waals surface area contributed by atoms with E-state index in [4.69, 9.17) is 16.9 Å². The molecule has 0 spiro atoms. The molecule has 0 aliphatic carbocycles. The fourth-order valence-corrected chi connectivity index (χ4v) is 2.16. The minimum atomic E-state index is -2.61. The van der Waals surface area contributed by atoms with Crippen LogP contribution in [0.1, 0.15) is 23.4 Å². The van der Waals surface area contributed by atoms with Crippen molar-refractivity contribution in [2.75, 3.05) is 0 Å². The first-order chi connectivity index (χ1) is 7.10. The summed E-state index contributed by atoms with van der Waals surface area (Å²) in [6, 6.07) is 3.14. The standard InChI is InChI=1S/C9H6ClF2IN2/c10-4-8-6(13)3-5(9(11)12)7(15-8)1-2-14/h3,9H,1,4H2. The number of pyridine rings is 1. The zero-order chi connectivity index (χ0) is 11.4. The highest BCUT2D eigenvalue weighted by Crippen LogP contribution is 2.26. The lowest BCUT2D eigenvalue weighted by Crippen LogP contribution is -2.03. The number of rotatable bonds is 3. The van der Waals surface area contributed by atoms with Crippen LogP contribution in [0.2, 0.25) is 0 Å². The lowest BCUT2D eigenvalue weighted by atomic mass is 10.1. The molecule has 0 saturated heterocycles. The second-order valence-corrected chi connectivity index (χ2v) is 4.15. The Morgan fingerprint density at radius 2 is 2.20 bits per heavy atom. The van der Waals surface area contributed by atoms with E-state index in [1.807, 2.05) is 28.7 Å². The third-order valence-electron chi connectivity index (χ3n) is 1.77. The summed E-state index contributed by atoms with van der Waals surface area (Å²) in [6.45, 7) is 0. The van der Waals surface area contributed by atoms with Gasteiger partial charge in [-0.25, -0.2) is 8.78 Å². The molecule has 0 fully saturated rings.